The highest BCUT2D eigenvalue weighted by Gasteiger charge is 2.28. The van der Waals surface area contributed by atoms with E-state index in [-0.39, 0.29) is 12.4 Å². The average molecular weight is 316 g/mol. The lowest BCUT2D eigenvalue weighted by atomic mass is 10.1. The standard InChI is InChI=1S/C15H12N2O4S/c16-6-8-21-15(19)12-9-3-1-5-11(9)22-14(12)17-13(18)10-4-2-7-20-10/h2,4,7H,1,3,5,8H2,(H,17,18). The minimum atomic E-state index is -0.573. The third-order valence-corrected chi connectivity index (χ3v) is 4.57. The van der Waals surface area contributed by atoms with Crippen molar-refractivity contribution >= 4 is 28.2 Å². The fourth-order valence-electron chi connectivity index (χ4n) is 2.45. The Hall–Kier alpha value is -2.59. The number of nitrogens with one attached hydrogen (secondary N) is 1. The van der Waals surface area contributed by atoms with Gasteiger partial charge < -0.3 is 14.5 Å². The van der Waals surface area contributed by atoms with Gasteiger partial charge in [-0.05, 0) is 37.0 Å². The Morgan fingerprint density at radius 1 is 1.45 bits per heavy atom. The maximum absolute atomic E-state index is 12.2. The van der Waals surface area contributed by atoms with E-state index in [9.17, 15) is 9.59 Å². The molecule has 0 unspecified atom stereocenters. The number of thiophene rings is 1. The van der Waals surface area contributed by atoms with Crippen LogP contribution in [0.3, 0.4) is 0 Å². The van der Waals surface area contributed by atoms with Crippen molar-refractivity contribution in [1.82, 2.24) is 0 Å². The van der Waals surface area contributed by atoms with Crippen LogP contribution >= 0.6 is 11.3 Å². The van der Waals surface area contributed by atoms with Crippen molar-refractivity contribution in [1.29, 1.82) is 5.26 Å². The minimum absolute atomic E-state index is 0.171. The topological polar surface area (TPSA) is 92.3 Å². The van der Waals surface area contributed by atoms with Crippen LogP contribution in [0.1, 0.15) is 37.8 Å². The minimum Gasteiger partial charge on any atom is -0.459 e. The number of hydrogen-bond donors (Lipinski definition) is 1. The lowest BCUT2D eigenvalue weighted by Gasteiger charge is -2.06. The molecule has 0 fully saturated rings. The van der Waals surface area contributed by atoms with Gasteiger partial charge in [-0.2, -0.15) is 5.26 Å². The van der Waals surface area contributed by atoms with Gasteiger partial charge in [0.25, 0.3) is 5.91 Å². The van der Waals surface area contributed by atoms with Gasteiger partial charge in [0.1, 0.15) is 11.1 Å². The molecule has 0 atom stereocenters. The number of esters is 1. The molecule has 0 saturated heterocycles. The second-order valence-corrected chi connectivity index (χ2v) is 5.83. The molecule has 0 aromatic carbocycles. The van der Waals surface area contributed by atoms with Crippen molar-refractivity contribution in [2.75, 3.05) is 11.9 Å². The van der Waals surface area contributed by atoms with E-state index in [1.807, 2.05) is 0 Å². The van der Waals surface area contributed by atoms with Crippen LogP contribution < -0.4 is 5.32 Å². The average Bonchev–Trinajstić information content (AvgIpc) is 3.20. The van der Waals surface area contributed by atoms with Crippen molar-refractivity contribution in [2.45, 2.75) is 19.3 Å². The van der Waals surface area contributed by atoms with Crippen molar-refractivity contribution in [3.63, 3.8) is 0 Å². The van der Waals surface area contributed by atoms with E-state index in [2.05, 4.69) is 5.32 Å². The van der Waals surface area contributed by atoms with E-state index < -0.39 is 11.9 Å². The Labute approximate surface area is 130 Å². The number of anilines is 1. The molecule has 1 aliphatic rings. The first-order valence-electron chi connectivity index (χ1n) is 6.74. The van der Waals surface area contributed by atoms with E-state index >= 15 is 0 Å². The number of hydrogen-bond acceptors (Lipinski definition) is 6. The number of rotatable bonds is 4. The van der Waals surface area contributed by atoms with Gasteiger partial charge in [-0.1, -0.05) is 0 Å². The zero-order chi connectivity index (χ0) is 15.5. The van der Waals surface area contributed by atoms with E-state index in [1.165, 1.54) is 17.6 Å². The molecule has 0 bridgehead atoms. The molecule has 2 heterocycles. The monoisotopic (exact) mass is 316 g/mol. The summed E-state index contributed by atoms with van der Waals surface area (Å²) in [5, 5.41) is 11.7. The summed E-state index contributed by atoms with van der Waals surface area (Å²) in [4.78, 5) is 25.3. The van der Waals surface area contributed by atoms with Crippen LogP contribution in [0.15, 0.2) is 22.8 Å². The lowest BCUT2D eigenvalue weighted by Crippen LogP contribution is -2.14. The molecule has 1 aliphatic carbocycles. The van der Waals surface area contributed by atoms with E-state index in [0.29, 0.717) is 10.6 Å². The molecule has 7 heteroatoms. The number of ether oxygens (including phenoxy) is 1. The molecule has 1 amide bonds. The molecule has 0 aliphatic heterocycles. The Balaban J connectivity index is 1.89. The molecule has 2 aromatic heterocycles. The first-order valence-corrected chi connectivity index (χ1v) is 7.56. The summed E-state index contributed by atoms with van der Waals surface area (Å²) >= 11 is 1.38. The van der Waals surface area contributed by atoms with Crippen molar-refractivity contribution in [3.05, 3.63) is 40.2 Å². The molecule has 2 aromatic rings. The summed E-state index contributed by atoms with van der Waals surface area (Å²) in [5.41, 5.74) is 1.29. The molecule has 0 radical (unpaired) electrons. The zero-order valence-electron chi connectivity index (χ0n) is 11.5. The second-order valence-electron chi connectivity index (χ2n) is 4.73. The third kappa shape index (κ3) is 2.61. The van der Waals surface area contributed by atoms with Gasteiger partial charge in [0.2, 0.25) is 0 Å². The van der Waals surface area contributed by atoms with Crippen LogP contribution in [0.4, 0.5) is 5.00 Å². The highest BCUT2D eigenvalue weighted by molar-refractivity contribution is 7.17. The van der Waals surface area contributed by atoms with Crippen molar-refractivity contribution in [2.24, 2.45) is 0 Å². The van der Waals surface area contributed by atoms with Gasteiger partial charge in [-0.15, -0.1) is 11.3 Å². The van der Waals surface area contributed by atoms with Crippen LogP contribution in [0.5, 0.6) is 0 Å². The highest BCUT2D eigenvalue weighted by Crippen LogP contribution is 2.39. The largest absolute Gasteiger partial charge is 0.459 e. The van der Waals surface area contributed by atoms with Crippen LogP contribution in [0, 0.1) is 11.3 Å². The maximum Gasteiger partial charge on any atom is 0.342 e. The molecule has 3 rings (SSSR count). The van der Waals surface area contributed by atoms with Crippen molar-refractivity contribution in [3.8, 4) is 6.07 Å². The van der Waals surface area contributed by atoms with Gasteiger partial charge in [0, 0.05) is 4.88 Å². The van der Waals surface area contributed by atoms with Crippen molar-refractivity contribution < 1.29 is 18.7 Å². The second kappa shape index (κ2) is 6.03. The van der Waals surface area contributed by atoms with Crippen LogP contribution in [0.2, 0.25) is 0 Å². The number of nitriles is 1. The number of carbonyl (C=O) groups excluding carboxylic acids is 2. The van der Waals surface area contributed by atoms with E-state index in [4.69, 9.17) is 14.4 Å². The Morgan fingerprint density at radius 3 is 3.05 bits per heavy atom. The normalized spacial score (nSPS) is 12.5. The molecular weight excluding hydrogens is 304 g/mol. The summed E-state index contributed by atoms with van der Waals surface area (Å²) in [7, 11) is 0. The van der Waals surface area contributed by atoms with E-state index in [1.54, 1.807) is 18.2 Å². The lowest BCUT2D eigenvalue weighted by molar-refractivity contribution is 0.0555. The van der Waals surface area contributed by atoms with Gasteiger partial charge in [0.05, 0.1) is 11.8 Å². The number of carbonyl (C=O) groups is 2. The fraction of sp³-hybridized carbons (Fsp3) is 0.267. The fourth-order valence-corrected chi connectivity index (χ4v) is 3.72. The Kier molecular flexibility index (Phi) is 3.94. The smallest absolute Gasteiger partial charge is 0.342 e. The number of aryl methyl sites for hydroxylation is 1. The summed E-state index contributed by atoms with van der Waals surface area (Å²) in [6, 6.07) is 4.93. The quantitative estimate of drug-likeness (QED) is 0.876. The van der Waals surface area contributed by atoms with Gasteiger partial charge in [0.15, 0.2) is 12.4 Å². The summed E-state index contributed by atoms with van der Waals surface area (Å²) in [5.74, 6) is -0.820. The number of furan rings is 1. The van der Waals surface area contributed by atoms with Gasteiger partial charge in [-0.3, -0.25) is 4.79 Å². The SMILES string of the molecule is N#CCOC(=O)c1c(NC(=O)c2ccco2)sc2c1CCC2. The number of amides is 1. The summed E-state index contributed by atoms with van der Waals surface area (Å²) in [6.07, 6.45) is 4.05. The molecule has 0 spiro atoms. The Morgan fingerprint density at radius 2 is 2.32 bits per heavy atom. The van der Waals surface area contributed by atoms with Crippen LogP contribution in [-0.4, -0.2) is 18.5 Å². The highest BCUT2D eigenvalue weighted by atomic mass is 32.1. The molecular formula is C15H12N2O4S. The maximum atomic E-state index is 12.2. The number of nitrogens with zero attached hydrogens (tertiary/aromatic N) is 1. The molecule has 22 heavy (non-hydrogen) atoms. The molecule has 6 nitrogen and oxygen atoms in total. The predicted octanol–water partition coefficient (Wildman–Crippen LogP) is 2.76. The Bertz CT molecular complexity index is 755. The van der Waals surface area contributed by atoms with Crippen LogP contribution in [-0.2, 0) is 17.6 Å². The zero-order valence-corrected chi connectivity index (χ0v) is 12.4. The third-order valence-electron chi connectivity index (χ3n) is 3.37. The van der Waals surface area contributed by atoms with E-state index in [0.717, 1.165) is 29.7 Å². The molecule has 1 N–H and O–H groups in total. The first-order chi connectivity index (χ1) is 10.7. The molecule has 0 saturated carbocycles. The molecule has 112 valence electrons. The number of fused-ring (bicyclic) bond motifs is 1. The first kappa shape index (κ1) is 14.4. The van der Waals surface area contributed by atoms with Gasteiger partial charge >= 0.3 is 5.97 Å². The summed E-state index contributed by atoms with van der Waals surface area (Å²) in [6.45, 7) is -0.310. The summed E-state index contributed by atoms with van der Waals surface area (Å²) < 4.78 is 9.95. The predicted molar refractivity (Wildman–Crippen MR) is 78.9 cm³/mol. The van der Waals surface area contributed by atoms with Crippen LogP contribution in [0.25, 0.3) is 0 Å². The van der Waals surface area contributed by atoms with Gasteiger partial charge in [-0.25, -0.2) is 4.79 Å².